The van der Waals surface area contributed by atoms with Crippen LogP contribution in [0.1, 0.15) is 17.2 Å². The molecule has 4 nitrogen and oxygen atoms in total. The fourth-order valence-corrected chi connectivity index (χ4v) is 3.63. The number of hydrogen-bond acceptors (Lipinski definition) is 3. The third-order valence-electron chi connectivity index (χ3n) is 4.83. The Hall–Kier alpha value is -2.17. The molecule has 1 N–H and O–H groups in total. The van der Waals surface area contributed by atoms with E-state index in [4.69, 9.17) is 4.74 Å². The quantitative estimate of drug-likeness (QED) is 0.863. The molecule has 0 amide bonds. The number of benzene rings is 2. The van der Waals surface area contributed by atoms with Gasteiger partial charge < -0.3 is 9.84 Å². The SMILES string of the molecule is O=C(O)[C@H]1[C@H](C2COC2)N1C(c1ccccc1)c1ccccc1. The molecule has 0 spiro atoms. The summed E-state index contributed by atoms with van der Waals surface area (Å²) in [6, 6.07) is 19.9. The highest BCUT2D eigenvalue weighted by Crippen LogP contribution is 2.47. The molecule has 4 heteroatoms. The summed E-state index contributed by atoms with van der Waals surface area (Å²) < 4.78 is 5.28. The number of carboxylic acids is 1. The molecule has 0 saturated carbocycles. The molecule has 118 valence electrons. The minimum absolute atomic E-state index is 0.0240. The van der Waals surface area contributed by atoms with Crippen LogP contribution in [-0.2, 0) is 9.53 Å². The summed E-state index contributed by atoms with van der Waals surface area (Å²) in [5, 5.41) is 9.62. The molecular formula is C19H19NO3. The Balaban J connectivity index is 1.72. The zero-order chi connectivity index (χ0) is 15.8. The van der Waals surface area contributed by atoms with E-state index in [-0.39, 0.29) is 12.1 Å². The molecule has 2 aromatic carbocycles. The first-order valence-corrected chi connectivity index (χ1v) is 7.95. The van der Waals surface area contributed by atoms with Gasteiger partial charge in [0.2, 0.25) is 0 Å². The van der Waals surface area contributed by atoms with Gasteiger partial charge in [0.25, 0.3) is 0 Å². The standard InChI is InChI=1S/C19H19NO3/c21-19(22)18-17(15-11-23-12-15)20(18)16(13-7-3-1-4-8-13)14-9-5-2-6-10-14/h1-10,15-18H,11-12H2,(H,21,22)/t17-,18+,20?/m0/s1. The Bertz CT molecular complexity index is 645. The second kappa shape index (κ2) is 5.80. The van der Waals surface area contributed by atoms with Crippen molar-refractivity contribution in [2.75, 3.05) is 13.2 Å². The molecule has 2 aromatic rings. The average molecular weight is 309 g/mol. The lowest BCUT2D eigenvalue weighted by Crippen LogP contribution is -2.35. The van der Waals surface area contributed by atoms with Crippen molar-refractivity contribution < 1.29 is 14.6 Å². The van der Waals surface area contributed by atoms with Crippen LogP contribution in [0.15, 0.2) is 60.7 Å². The zero-order valence-corrected chi connectivity index (χ0v) is 12.7. The molecule has 2 heterocycles. The van der Waals surface area contributed by atoms with Crippen LogP contribution in [0, 0.1) is 5.92 Å². The highest BCUT2D eigenvalue weighted by molar-refractivity contribution is 5.78. The Morgan fingerprint density at radius 3 is 1.91 bits per heavy atom. The first-order chi connectivity index (χ1) is 11.3. The van der Waals surface area contributed by atoms with Crippen LogP contribution in [0.25, 0.3) is 0 Å². The van der Waals surface area contributed by atoms with Gasteiger partial charge in [-0.25, -0.2) is 0 Å². The largest absolute Gasteiger partial charge is 0.480 e. The van der Waals surface area contributed by atoms with E-state index in [1.807, 2.05) is 36.4 Å². The van der Waals surface area contributed by atoms with Crippen LogP contribution < -0.4 is 0 Å². The molecule has 0 radical (unpaired) electrons. The third-order valence-corrected chi connectivity index (χ3v) is 4.83. The number of carboxylic acid groups (broad SMARTS) is 1. The topological polar surface area (TPSA) is 49.5 Å². The Kier molecular flexibility index (Phi) is 3.63. The third kappa shape index (κ3) is 2.54. The minimum Gasteiger partial charge on any atom is -0.480 e. The molecule has 4 rings (SSSR count). The monoisotopic (exact) mass is 309 g/mol. The lowest BCUT2D eigenvalue weighted by molar-refractivity contribution is -0.137. The van der Waals surface area contributed by atoms with Crippen LogP contribution >= 0.6 is 0 Å². The van der Waals surface area contributed by atoms with Gasteiger partial charge >= 0.3 is 5.97 Å². The van der Waals surface area contributed by atoms with Gasteiger partial charge in [0.1, 0.15) is 6.04 Å². The molecule has 3 atom stereocenters. The van der Waals surface area contributed by atoms with Crippen LogP contribution in [0.4, 0.5) is 0 Å². The molecule has 0 aliphatic carbocycles. The molecule has 2 saturated heterocycles. The second-order valence-electron chi connectivity index (χ2n) is 6.24. The average Bonchev–Trinajstić information content (AvgIpc) is 3.23. The molecule has 23 heavy (non-hydrogen) atoms. The maximum atomic E-state index is 11.7. The van der Waals surface area contributed by atoms with Gasteiger partial charge in [-0.3, -0.25) is 9.69 Å². The number of ether oxygens (including phenoxy) is 1. The first-order valence-electron chi connectivity index (χ1n) is 7.95. The fourth-order valence-electron chi connectivity index (χ4n) is 3.63. The second-order valence-corrected chi connectivity index (χ2v) is 6.24. The van der Waals surface area contributed by atoms with Crippen molar-refractivity contribution in [2.45, 2.75) is 18.1 Å². The van der Waals surface area contributed by atoms with E-state index in [9.17, 15) is 9.90 Å². The molecule has 2 aliphatic heterocycles. The highest BCUT2D eigenvalue weighted by Gasteiger charge is 2.60. The summed E-state index contributed by atoms with van der Waals surface area (Å²) in [7, 11) is 0. The van der Waals surface area contributed by atoms with Crippen molar-refractivity contribution in [3.8, 4) is 0 Å². The normalized spacial score (nSPS) is 26.7. The van der Waals surface area contributed by atoms with Crippen LogP contribution in [0.2, 0.25) is 0 Å². The van der Waals surface area contributed by atoms with E-state index in [2.05, 4.69) is 29.2 Å². The number of hydrogen-bond donors (Lipinski definition) is 1. The smallest absolute Gasteiger partial charge is 0.322 e. The number of rotatable bonds is 5. The van der Waals surface area contributed by atoms with Gasteiger partial charge in [0.15, 0.2) is 0 Å². The maximum Gasteiger partial charge on any atom is 0.322 e. The molecule has 2 fully saturated rings. The molecule has 1 unspecified atom stereocenters. The number of aliphatic carboxylic acids is 1. The van der Waals surface area contributed by atoms with Crippen molar-refractivity contribution in [3.63, 3.8) is 0 Å². The van der Waals surface area contributed by atoms with Crippen LogP contribution in [0.3, 0.4) is 0 Å². The molecular weight excluding hydrogens is 290 g/mol. The Morgan fingerprint density at radius 2 is 1.52 bits per heavy atom. The predicted molar refractivity (Wildman–Crippen MR) is 86.1 cm³/mol. The number of nitrogens with zero attached hydrogens (tertiary/aromatic N) is 1. The fraction of sp³-hybridized carbons (Fsp3) is 0.316. The van der Waals surface area contributed by atoms with Gasteiger partial charge in [0.05, 0.1) is 19.3 Å². The Labute approximate surface area is 135 Å². The summed E-state index contributed by atoms with van der Waals surface area (Å²) in [4.78, 5) is 13.8. The van der Waals surface area contributed by atoms with Gasteiger partial charge in [-0.1, -0.05) is 60.7 Å². The van der Waals surface area contributed by atoms with E-state index in [0.29, 0.717) is 19.1 Å². The summed E-state index contributed by atoms with van der Waals surface area (Å²) in [5.41, 5.74) is 2.26. The lowest BCUT2D eigenvalue weighted by Gasteiger charge is -2.28. The highest BCUT2D eigenvalue weighted by atomic mass is 16.5. The first kappa shape index (κ1) is 14.4. The summed E-state index contributed by atoms with van der Waals surface area (Å²) in [6.45, 7) is 1.34. The molecule has 0 bridgehead atoms. The van der Waals surface area contributed by atoms with E-state index >= 15 is 0 Å². The van der Waals surface area contributed by atoms with Gasteiger partial charge in [-0.05, 0) is 11.1 Å². The van der Waals surface area contributed by atoms with Gasteiger partial charge in [0, 0.05) is 12.0 Å². The van der Waals surface area contributed by atoms with E-state index in [1.165, 1.54) is 0 Å². The number of carbonyl (C=O) groups is 1. The molecule has 2 aliphatic rings. The minimum atomic E-state index is -0.737. The van der Waals surface area contributed by atoms with Crippen molar-refractivity contribution in [1.82, 2.24) is 4.90 Å². The van der Waals surface area contributed by atoms with Crippen molar-refractivity contribution in [1.29, 1.82) is 0 Å². The zero-order valence-electron chi connectivity index (χ0n) is 12.7. The maximum absolute atomic E-state index is 11.7. The van der Waals surface area contributed by atoms with Crippen LogP contribution in [-0.4, -0.2) is 41.3 Å². The van der Waals surface area contributed by atoms with Crippen molar-refractivity contribution >= 4 is 5.97 Å². The summed E-state index contributed by atoms with van der Waals surface area (Å²) in [5.74, 6) is -0.412. The summed E-state index contributed by atoms with van der Waals surface area (Å²) in [6.07, 6.45) is 0. The van der Waals surface area contributed by atoms with Gasteiger partial charge in [-0.2, -0.15) is 0 Å². The van der Waals surface area contributed by atoms with E-state index < -0.39 is 12.0 Å². The lowest BCUT2D eigenvalue weighted by atomic mass is 9.97. The van der Waals surface area contributed by atoms with E-state index in [0.717, 1.165) is 11.1 Å². The van der Waals surface area contributed by atoms with E-state index in [1.54, 1.807) is 0 Å². The van der Waals surface area contributed by atoms with Crippen molar-refractivity contribution in [2.24, 2.45) is 5.92 Å². The van der Waals surface area contributed by atoms with Crippen molar-refractivity contribution in [3.05, 3.63) is 71.8 Å². The Morgan fingerprint density at radius 1 is 1.00 bits per heavy atom. The van der Waals surface area contributed by atoms with Gasteiger partial charge in [-0.15, -0.1) is 0 Å². The molecule has 0 aromatic heterocycles. The predicted octanol–water partition coefficient (Wildman–Crippen LogP) is 2.56. The summed E-state index contributed by atoms with van der Waals surface area (Å²) >= 11 is 0. The van der Waals surface area contributed by atoms with Crippen LogP contribution in [0.5, 0.6) is 0 Å².